The smallest absolute Gasteiger partial charge is 0.312 e. The molecule has 1 aromatic rings. The van der Waals surface area contributed by atoms with Crippen LogP contribution in [0.25, 0.3) is 0 Å². The van der Waals surface area contributed by atoms with Crippen molar-refractivity contribution in [2.24, 2.45) is 11.7 Å². The van der Waals surface area contributed by atoms with E-state index in [1.807, 2.05) is 0 Å². The molecule has 6 nitrogen and oxygen atoms in total. The predicted octanol–water partition coefficient (Wildman–Crippen LogP) is 2.65. The molecule has 0 radical (unpaired) electrons. The second kappa shape index (κ2) is 6.71. The molecule has 2 atom stereocenters. The number of benzene rings is 1. The first-order chi connectivity index (χ1) is 8.91. The first-order valence-electron chi connectivity index (χ1n) is 6.02. The van der Waals surface area contributed by atoms with Gasteiger partial charge < -0.3 is 15.9 Å². The highest BCUT2D eigenvalue weighted by atomic mass is 79.9. The minimum Gasteiger partial charge on any atom is -0.502 e. The minimum absolute atomic E-state index is 0. The number of aliphatic hydroxyl groups is 1. The first kappa shape index (κ1) is 17.2. The summed E-state index contributed by atoms with van der Waals surface area (Å²) in [7, 11) is 0. The van der Waals surface area contributed by atoms with Gasteiger partial charge in [0.25, 0.3) is 0 Å². The van der Waals surface area contributed by atoms with E-state index in [0.717, 1.165) is 19.3 Å². The molecule has 0 amide bonds. The summed E-state index contributed by atoms with van der Waals surface area (Å²) in [6.45, 7) is 0. The van der Waals surface area contributed by atoms with Gasteiger partial charge in [0.2, 0.25) is 0 Å². The fourth-order valence-electron chi connectivity index (χ4n) is 2.26. The first-order valence-corrected chi connectivity index (χ1v) is 6.81. The molecule has 0 spiro atoms. The maximum Gasteiger partial charge on any atom is 0.312 e. The maximum absolute atomic E-state index is 10.8. The minimum atomic E-state index is -0.832. The van der Waals surface area contributed by atoms with Crippen LogP contribution in [0.1, 0.15) is 30.9 Å². The highest BCUT2D eigenvalue weighted by molar-refractivity contribution is 9.10. The fourth-order valence-corrected chi connectivity index (χ4v) is 2.72. The van der Waals surface area contributed by atoms with Crippen LogP contribution in [0.15, 0.2) is 16.6 Å². The Kier molecular flexibility index (Phi) is 5.76. The molecule has 1 aromatic carbocycles. The zero-order valence-electron chi connectivity index (χ0n) is 10.5. The van der Waals surface area contributed by atoms with E-state index < -0.39 is 28.5 Å². The van der Waals surface area contributed by atoms with Gasteiger partial charge in [-0.1, -0.05) is 22.4 Å². The standard InChI is InChI=1S/C12H15BrN2O4.ClH/c13-7-4-8(12(17)9(5-7)15(18)19)10(14)11(16)6-2-1-3-6;/h4-6,10-11,16-17H,1-3,14H2;1H/t10-,11+;/m0./s1. The molecule has 4 N–H and O–H groups in total. The Bertz CT molecular complexity index is 510. The van der Waals surface area contributed by atoms with E-state index in [0.29, 0.717) is 4.47 Å². The summed E-state index contributed by atoms with van der Waals surface area (Å²) in [5.41, 5.74) is 5.71. The molecule has 0 aliphatic heterocycles. The molecule has 8 heteroatoms. The van der Waals surface area contributed by atoms with Crippen LogP contribution in [0, 0.1) is 16.0 Å². The largest absolute Gasteiger partial charge is 0.502 e. The lowest BCUT2D eigenvalue weighted by Crippen LogP contribution is -2.36. The van der Waals surface area contributed by atoms with Gasteiger partial charge in [0, 0.05) is 16.1 Å². The van der Waals surface area contributed by atoms with E-state index in [-0.39, 0.29) is 23.9 Å². The van der Waals surface area contributed by atoms with Gasteiger partial charge in [-0.2, -0.15) is 0 Å². The second-order valence-corrected chi connectivity index (χ2v) is 5.74. The van der Waals surface area contributed by atoms with Gasteiger partial charge in [-0.25, -0.2) is 0 Å². The molecule has 1 aliphatic rings. The van der Waals surface area contributed by atoms with Gasteiger partial charge in [0.05, 0.1) is 17.1 Å². The number of aromatic hydroxyl groups is 1. The number of nitro groups is 1. The number of rotatable bonds is 4. The van der Waals surface area contributed by atoms with Crippen LogP contribution in [0.2, 0.25) is 0 Å². The normalized spacial score (nSPS) is 17.8. The van der Waals surface area contributed by atoms with E-state index in [2.05, 4.69) is 15.9 Å². The van der Waals surface area contributed by atoms with E-state index >= 15 is 0 Å². The number of aliphatic hydroxyl groups excluding tert-OH is 1. The van der Waals surface area contributed by atoms with Crippen molar-refractivity contribution in [2.45, 2.75) is 31.4 Å². The monoisotopic (exact) mass is 366 g/mol. The average molecular weight is 368 g/mol. The summed E-state index contributed by atoms with van der Waals surface area (Å²) >= 11 is 3.15. The van der Waals surface area contributed by atoms with Crippen LogP contribution in [0.3, 0.4) is 0 Å². The third-order valence-electron chi connectivity index (χ3n) is 3.64. The Morgan fingerprint density at radius 3 is 2.50 bits per heavy atom. The van der Waals surface area contributed by atoms with Crippen molar-refractivity contribution < 1.29 is 15.1 Å². The van der Waals surface area contributed by atoms with Crippen molar-refractivity contribution in [3.63, 3.8) is 0 Å². The van der Waals surface area contributed by atoms with Crippen LogP contribution < -0.4 is 5.73 Å². The maximum atomic E-state index is 10.8. The van der Waals surface area contributed by atoms with Crippen LogP contribution in [-0.2, 0) is 0 Å². The topological polar surface area (TPSA) is 110 Å². The van der Waals surface area contributed by atoms with Crippen LogP contribution >= 0.6 is 28.3 Å². The molecule has 0 heterocycles. The number of hydrogen-bond donors (Lipinski definition) is 3. The molecule has 0 bridgehead atoms. The van der Waals surface area contributed by atoms with Gasteiger partial charge in [0.1, 0.15) is 0 Å². The summed E-state index contributed by atoms with van der Waals surface area (Å²) in [6, 6.07) is 1.89. The Balaban J connectivity index is 0.00000200. The zero-order valence-corrected chi connectivity index (χ0v) is 12.9. The third kappa shape index (κ3) is 3.22. The number of nitrogens with zero attached hydrogens (tertiary/aromatic N) is 1. The average Bonchev–Trinajstić information content (AvgIpc) is 2.28. The number of nitro benzene ring substituents is 1. The van der Waals surface area contributed by atoms with E-state index in [1.165, 1.54) is 12.1 Å². The number of halogens is 2. The molecule has 0 unspecified atom stereocenters. The summed E-state index contributed by atoms with van der Waals surface area (Å²) in [6.07, 6.45) is 2.05. The van der Waals surface area contributed by atoms with E-state index in [4.69, 9.17) is 5.73 Å². The summed E-state index contributed by atoms with van der Waals surface area (Å²) in [5, 5.41) is 30.9. The van der Waals surface area contributed by atoms with Gasteiger partial charge in [-0.05, 0) is 24.8 Å². The number of nitrogens with two attached hydrogens (primary N) is 1. The molecule has 0 aromatic heterocycles. The number of hydrogen-bond acceptors (Lipinski definition) is 5. The van der Waals surface area contributed by atoms with Crippen LogP contribution in [0.5, 0.6) is 5.75 Å². The van der Waals surface area contributed by atoms with Crippen molar-refractivity contribution in [3.05, 3.63) is 32.3 Å². The van der Waals surface area contributed by atoms with Gasteiger partial charge in [-0.15, -0.1) is 12.4 Å². The lowest BCUT2D eigenvalue weighted by atomic mass is 9.77. The lowest BCUT2D eigenvalue weighted by molar-refractivity contribution is -0.386. The zero-order chi connectivity index (χ0) is 14.2. The van der Waals surface area contributed by atoms with Crippen molar-refractivity contribution >= 4 is 34.0 Å². The highest BCUT2D eigenvalue weighted by Gasteiger charge is 2.33. The van der Waals surface area contributed by atoms with Crippen molar-refractivity contribution in [2.75, 3.05) is 0 Å². The Hall–Kier alpha value is -0.890. The van der Waals surface area contributed by atoms with Crippen molar-refractivity contribution in [3.8, 4) is 5.75 Å². The van der Waals surface area contributed by atoms with Gasteiger partial charge in [-0.3, -0.25) is 10.1 Å². The van der Waals surface area contributed by atoms with E-state index in [1.54, 1.807) is 0 Å². The molecular weight excluding hydrogens is 351 g/mol. The Labute approximate surface area is 130 Å². The van der Waals surface area contributed by atoms with Crippen LogP contribution in [-0.4, -0.2) is 21.2 Å². The molecule has 112 valence electrons. The predicted molar refractivity (Wildman–Crippen MR) is 80.0 cm³/mol. The van der Waals surface area contributed by atoms with E-state index in [9.17, 15) is 20.3 Å². The number of phenols is 1. The Morgan fingerprint density at radius 1 is 1.45 bits per heavy atom. The molecule has 0 saturated heterocycles. The SMILES string of the molecule is Cl.N[C@@H](c1cc(Br)cc([N+](=O)[O-])c1O)[C@H](O)C1CCC1. The van der Waals surface area contributed by atoms with Crippen molar-refractivity contribution in [1.82, 2.24) is 0 Å². The van der Waals surface area contributed by atoms with Gasteiger partial charge >= 0.3 is 5.69 Å². The number of phenolic OH excluding ortho intramolecular Hbond substituents is 1. The summed E-state index contributed by atoms with van der Waals surface area (Å²) in [5.74, 6) is -0.369. The molecule has 1 saturated carbocycles. The van der Waals surface area contributed by atoms with Crippen molar-refractivity contribution in [1.29, 1.82) is 0 Å². The highest BCUT2D eigenvalue weighted by Crippen LogP contribution is 2.40. The summed E-state index contributed by atoms with van der Waals surface area (Å²) < 4.78 is 0.447. The molecule has 1 fully saturated rings. The van der Waals surface area contributed by atoms with Gasteiger partial charge in [0.15, 0.2) is 5.75 Å². The molecule has 2 rings (SSSR count). The third-order valence-corrected chi connectivity index (χ3v) is 4.10. The lowest BCUT2D eigenvalue weighted by Gasteiger charge is -2.33. The summed E-state index contributed by atoms with van der Waals surface area (Å²) in [4.78, 5) is 10.2. The molecule has 1 aliphatic carbocycles. The fraction of sp³-hybridized carbons (Fsp3) is 0.500. The Morgan fingerprint density at radius 2 is 2.05 bits per heavy atom. The molecule has 20 heavy (non-hydrogen) atoms. The van der Waals surface area contributed by atoms with Crippen LogP contribution in [0.4, 0.5) is 5.69 Å². The second-order valence-electron chi connectivity index (χ2n) is 4.83. The molecular formula is C12H16BrClN2O4. The quantitative estimate of drug-likeness (QED) is 0.560.